The second-order valence-electron chi connectivity index (χ2n) is 7.55. The molecule has 1 aliphatic rings. The van der Waals surface area contributed by atoms with Gasteiger partial charge in [-0.1, -0.05) is 37.6 Å². The highest BCUT2D eigenvalue weighted by Gasteiger charge is 2.21. The zero-order valence-electron chi connectivity index (χ0n) is 16.8. The summed E-state index contributed by atoms with van der Waals surface area (Å²) in [6, 6.07) is 9.59. The molecule has 28 heavy (non-hydrogen) atoms. The molecule has 1 aromatic heterocycles. The van der Waals surface area contributed by atoms with Crippen molar-refractivity contribution in [1.29, 1.82) is 0 Å². The van der Waals surface area contributed by atoms with Crippen molar-refractivity contribution in [2.24, 2.45) is 0 Å². The lowest BCUT2D eigenvalue weighted by molar-refractivity contribution is -0.122. The molecule has 2 aromatic rings. The summed E-state index contributed by atoms with van der Waals surface area (Å²) in [6.45, 7) is 10.5. The van der Waals surface area contributed by atoms with Gasteiger partial charge in [0.15, 0.2) is 0 Å². The average Bonchev–Trinajstić information content (AvgIpc) is 2.66. The Labute approximate surface area is 171 Å². The van der Waals surface area contributed by atoms with Crippen molar-refractivity contribution in [3.63, 3.8) is 0 Å². The van der Waals surface area contributed by atoms with Crippen LogP contribution in [-0.4, -0.2) is 53.5 Å². The van der Waals surface area contributed by atoms with E-state index < -0.39 is 0 Å². The van der Waals surface area contributed by atoms with E-state index in [1.54, 1.807) is 0 Å². The van der Waals surface area contributed by atoms with Crippen LogP contribution in [0.3, 0.4) is 0 Å². The highest BCUT2D eigenvalue weighted by atomic mass is 35.5. The van der Waals surface area contributed by atoms with Crippen LogP contribution in [-0.2, 0) is 11.3 Å². The molecule has 0 bridgehead atoms. The third-order valence-electron chi connectivity index (χ3n) is 4.82. The van der Waals surface area contributed by atoms with E-state index in [9.17, 15) is 4.79 Å². The molecule has 0 unspecified atom stereocenters. The highest BCUT2D eigenvalue weighted by Crippen LogP contribution is 2.18. The Balaban J connectivity index is 1.48. The molecule has 6 nitrogen and oxygen atoms in total. The monoisotopic (exact) mass is 401 g/mol. The molecular weight excluding hydrogens is 374 g/mol. The second kappa shape index (κ2) is 9.34. The zero-order valence-corrected chi connectivity index (χ0v) is 17.5. The van der Waals surface area contributed by atoms with Gasteiger partial charge in [-0.3, -0.25) is 9.69 Å². The lowest BCUT2D eigenvalue weighted by Crippen LogP contribution is -2.49. The SMILES string of the molecule is Cc1cc(N2CCN(CC(=O)NCc3cccc(Cl)c3)CC2)nc(C(C)C)n1. The number of carbonyl (C=O) groups is 1. The molecule has 0 saturated carbocycles. The van der Waals surface area contributed by atoms with Crippen LogP contribution in [0.25, 0.3) is 0 Å². The molecule has 0 aliphatic carbocycles. The molecule has 1 saturated heterocycles. The maximum absolute atomic E-state index is 12.3. The van der Waals surface area contributed by atoms with E-state index in [4.69, 9.17) is 16.6 Å². The number of nitrogens with zero attached hydrogens (tertiary/aromatic N) is 4. The Morgan fingerprint density at radius 1 is 1.18 bits per heavy atom. The fourth-order valence-electron chi connectivity index (χ4n) is 3.24. The zero-order chi connectivity index (χ0) is 20.1. The van der Waals surface area contributed by atoms with Crippen molar-refractivity contribution >= 4 is 23.3 Å². The Hall–Kier alpha value is -2.18. The molecule has 2 heterocycles. The van der Waals surface area contributed by atoms with Gasteiger partial charge >= 0.3 is 0 Å². The van der Waals surface area contributed by atoms with Crippen molar-refractivity contribution in [2.45, 2.75) is 33.2 Å². The van der Waals surface area contributed by atoms with Gasteiger partial charge in [0, 0.05) is 55.4 Å². The molecule has 1 fully saturated rings. The Morgan fingerprint density at radius 3 is 2.61 bits per heavy atom. The Kier molecular flexibility index (Phi) is 6.86. The summed E-state index contributed by atoms with van der Waals surface area (Å²) in [5, 5.41) is 3.65. The van der Waals surface area contributed by atoms with E-state index in [-0.39, 0.29) is 5.91 Å². The van der Waals surface area contributed by atoms with Gasteiger partial charge in [0.25, 0.3) is 0 Å². The average molecular weight is 402 g/mol. The second-order valence-corrected chi connectivity index (χ2v) is 7.99. The van der Waals surface area contributed by atoms with E-state index in [1.807, 2.05) is 37.3 Å². The number of anilines is 1. The van der Waals surface area contributed by atoms with Gasteiger partial charge < -0.3 is 10.2 Å². The standard InChI is InChI=1S/C21H28ClN5O/c1-15(2)21-24-16(3)11-19(25-21)27-9-7-26(8-10-27)14-20(28)23-13-17-5-4-6-18(22)12-17/h4-6,11-12,15H,7-10,13-14H2,1-3H3,(H,23,28). The number of amides is 1. The predicted octanol–water partition coefficient (Wildman–Crippen LogP) is 3.00. The van der Waals surface area contributed by atoms with Crippen molar-refractivity contribution in [2.75, 3.05) is 37.6 Å². The first kappa shape index (κ1) is 20.6. The predicted molar refractivity (Wildman–Crippen MR) is 113 cm³/mol. The summed E-state index contributed by atoms with van der Waals surface area (Å²) in [6.07, 6.45) is 0. The number of carbonyl (C=O) groups excluding carboxylic acids is 1. The van der Waals surface area contributed by atoms with Crippen LogP contribution < -0.4 is 10.2 Å². The smallest absolute Gasteiger partial charge is 0.234 e. The largest absolute Gasteiger partial charge is 0.354 e. The van der Waals surface area contributed by atoms with Gasteiger partial charge in [-0.05, 0) is 24.6 Å². The van der Waals surface area contributed by atoms with Crippen molar-refractivity contribution in [3.8, 4) is 0 Å². The number of benzene rings is 1. The normalized spacial score (nSPS) is 15.1. The summed E-state index contributed by atoms with van der Waals surface area (Å²) in [4.78, 5) is 26.0. The minimum Gasteiger partial charge on any atom is -0.354 e. The van der Waals surface area contributed by atoms with Crippen LogP contribution in [0.5, 0.6) is 0 Å². The van der Waals surface area contributed by atoms with Crippen molar-refractivity contribution in [3.05, 3.63) is 52.4 Å². The molecule has 0 atom stereocenters. The van der Waals surface area contributed by atoms with Crippen LogP contribution in [0.1, 0.15) is 36.8 Å². The summed E-state index contributed by atoms with van der Waals surface area (Å²) in [5.74, 6) is 2.22. The Bertz CT molecular complexity index is 818. The van der Waals surface area contributed by atoms with Crippen LogP contribution in [0.4, 0.5) is 5.82 Å². The number of aromatic nitrogens is 2. The van der Waals surface area contributed by atoms with E-state index >= 15 is 0 Å². The van der Waals surface area contributed by atoms with Gasteiger partial charge in [-0.15, -0.1) is 0 Å². The van der Waals surface area contributed by atoms with Crippen molar-refractivity contribution < 1.29 is 4.79 Å². The van der Waals surface area contributed by atoms with Crippen LogP contribution in [0.15, 0.2) is 30.3 Å². The third kappa shape index (κ3) is 5.66. The van der Waals surface area contributed by atoms with Gasteiger partial charge in [0.05, 0.1) is 6.54 Å². The fourth-order valence-corrected chi connectivity index (χ4v) is 3.45. The maximum atomic E-state index is 12.3. The minimum atomic E-state index is 0.0356. The van der Waals surface area contributed by atoms with Crippen LogP contribution in [0.2, 0.25) is 5.02 Å². The van der Waals surface area contributed by atoms with E-state index in [0.29, 0.717) is 24.0 Å². The van der Waals surface area contributed by atoms with Gasteiger partial charge in [-0.2, -0.15) is 0 Å². The first-order valence-electron chi connectivity index (χ1n) is 9.75. The third-order valence-corrected chi connectivity index (χ3v) is 5.05. The topological polar surface area (TPSA) is 61.4 Å². The number of hydrogen-bond donors (Lipinski definition) is 1. The molecule has 1 aliphatic heterocycles. The summed E-state index contributed by atoms with van der Waals surface area (Å²) >= 11 is 5.98. The number of nitrogens with one attached hydrogen (secondary N) is 1. The Morgan fingerprint density at radius 2 is 1.93 bits per heavy atom. The number of rotatable bonds is 6. The number of aryl methyl sites for hydroxylation is 1. The molecule has 0 spiro atoms. The first-order chi connectivity index (χ1) is 13.4. The van der Waals surface area contributed by atoms with E-state index in [0.717, 1.165) is 49.1 Å². The summed E-state index contributed by atoms with van der Waals surface area (Å²) < 4.78 is 0. The van der Waals surface area contributed by atoms with E-state index in [2.05, 4.69) is 33.9 Å². The quantitative estimate of drug-likeness (QED) is 0.806. The van der Waals surface area contributed by atoms with Gasteiger partial charge in [0.2, 0.25) is 5.91 Å². The molecule has 3 rings (SSSR count). The number of halogens is 1. The minimum absolute atomic E-state index is 0.0356. The van der Waals surface area contributed by atoms with Gasteiger partial charge in [0.1, 0.15) is 11.6 Å². The van der Waals surface area contributed by atoms with Gasteiger partial charge in [-0.25, -0.2) is 9.97 Å². The lowest BCUT2D eigenvalue weighted by atomic mass is 10.2. The molecule has 0 radical (unpaired) electrons. The molecule has 1 aromatic carbocycles. The molecule has 1 amide bonds. The highest BCUT2D eigenvalue weighted by molar-refractivity contribution is 6.30. The number of piperazine rings is 1. The molecule has 1 N–H and O–H groups in total. The number of hydrogen-bond acceptors (Lipinski definition) is 5. The molecule has 150 valence electrons. The maximum Gasteiger partial charge on any atom is 0.234 e. The summed E-state index contributed by atoms with van der Waals surface area (Å²) in [7, 11) is 0. The summed E-state index contributed by atoms with van der Waals surface area (Å²) in [5.41, 5.74) is 2.00. The fraction of sp³-hybridized carbons (Fsp3) is 0.476. The molecular formula is C21H28ClN5O. The van der Waals surface area contributed by atoms with Crippen molar-refractivity contribution in [1.82, 2.24) is 20.2 Å². The van der Waals surface area contributed by atoms with Crippen LogP contribution in [0, 0.1) is 6.92 Å². The molecule has 7 heteroatoms. The first-order valence-corrected chi connectivity index (χ1v) is 10.1. The van der Waals surface area contributed by atoms with E-state index in [1.165, 1.54) is 0 Å². The lowest BCUT2D eigenvalue weighted by Gasteiger charge is -2.35. The van der Waals surface area contributed by atoms with Crippen LogP contribution >= 0.6 is 11.6 Å².